The van der Waals surface area contributed by atoms with E-state index in [0.717, 1.165) is 17.5 Å². The molecular weight excluding hydrogens is 418 g/mol. The molecule has 1 saturated heterocycles. The average molecular weight is 442 g/mol. The third-order valence-corrected chi connectivity index (χ3v) is 5.88. The maximum atomic E-state index is 12.6. The van der Waals surface area contributed by atoms with Crippen LogP contribution in [0, 0.1) is 12.8 Å². The highest BCUT2D eigenvalue weighted by molar-refractivity contribution is 7.14. The number of amides is 1. The third-order valence-electron chi connectivity index (χ3n) is 5.12. The van der Waals surface area contributed by atoms with Gasteiger partial charge in [-0.05, 0) is 26.7 Å². The first kappa shape index (κ1) is 20.9. The summed E-state index contributed by atoms with van der Waals surface area (Å²) in [7, 11) is 0. The van der Waals surface area contributed by atoms with Gasteiger partial charge in [-0.2, -0.15) is 0 Å². The fraction of sp³-hybridized carbons (Fsp3) is 0.400. The van der Waals surface area contributed by atoms with Crippen molar-refractivity contribution in [1.29, 1.82) is 0 Å². The molecule has 1 N–H and O–H groups in total. The summed E-state index contributed by atoms with van der Waals surface area (Å²) in [5.41, 5.74) is 0.213. The molecule has 1 fully saturated rings. The van der Waals surface area contributed by atoms with Gasteiger partial charge in [-0.3, -0.25) is 9.36 Å². The molecule has 0 unspecified atom stereocenters. The molecule has 31 heavy (non-hydrogen) atoms. The number of anilines is 2. The number of aryl methyl sites for hydroxylation is 1. The van der Waals surface area contributed by atoms with Crippen molar-refractivity contribution < 1.29 is 14.3 Å². The molecule has 4 heterocycles. The lowest BCUT2D eigenvalue weighted by atomic mass is 9.96. The quantitative estimate of drug-likeness (QED) is 0.580. The van der Waals surface area contributed by atoms with Crippen LogP contribution in [0.1, 0.15) is 36.1 Å². The Labute approximate surface area is 183 Å². The molecule has 10 nitrogen and oxygen atoms in total. The van der Waals surface area contributed by atoms with Gasteiger partial charge in [0.05, 0.1) is 6.61 Å². The summed E-state index contributed by atoms with van der Waals surface area (Å²) in [6.07, 6.45) is 6.55. The summed E-state index contributed by atoms with van der Waals surface area (Å²) in [4.78, 5) is 43.6. The SMILES string of the molecule is CCOC(=O)c1csc(NC(=O)C2CCN(c3cc(-n4ccnc4C)ncn3)CC2)n1. The van der Waals surface area contributed by atoms with Crippen LogP contribution < -0.4 is 10.2 Å². The smallest absolute Gasteiger partial charge is 0.357 e. The summed E-state index contributed by atoms with van der Waals surface area (Å²) in [6.45, 7) is 5.36. The Hall–Kier alpha value is -3.34. The Morgan fingerprint density at radius 2 is 2.00 bits per heavy atom. The van der Waals surface area contributed by atoms with E-state index in [4.69, 9.17) is 4.74 Å². The average Bonchev–Trinajstić information content (AvgIpc) is 3.43. The van der Waals surface area contributed by atoms with Crippen LogP contribution in [0.25, 0.3) is 5.82 Å². The topological polar surface area (TPSA) is 115 Å². The lowest BCUT2D eigenvalue weighted by molar-refractivity contribution is -0.120. The van der Waals surface area contributed by atoms with E-state index < -0.39 is 5.97 Å². The van der Waals surface area contributed by atoms with Gasteiger partial charge in [-0.25, -0.2) is 24.7 Å². The predicted molar refractivity (Wildman–Crippen MR) is 116 cm³/mol. The molecule has 0 spiro atoms. The van der Waals surface area contributed by atoms with Crippen molar-refractivity contribution in [2.45, 2.75) is 26.7 Å². The first-order chi connectivity index (χ1) is 15.0. The molecule has 3 aromatic heterocycles. The molecule has 0 aliphatic carbocycles. The number of thiazole rings is 1. The molecule has 0 atom stereocenters. The van der Waals surface area contributed by atoms with Gasteiger partial charge in [-0.1, -0.05) is 0 Å². The Morgan fingerprint density at radius 3 is 2.71 bits per heavy atom. The number of carbonyl (C=O) groups is 2. The number of nitrogens with one attached hydrogen (secondary N) is 1. The third kappa shape index (κ3) is 4.71. The van der Waals surface area contributed by atoms with Gasteiger partial charge >= 0.3 is 5.97 Å². The van der Waals surface area contributed by atoms with Crippen LogP contribution in [0.4, 0.5) is 10.9 Å². The highest BCUT2D eigenvalue weighted by Gasteiger charge is 2.27. The number of hydrogen-bond donors (Lipinski definition) is 1. The molecule has 0 aromatic carbocycles. The molecule has 4 rings (SSSR count). The normalized spacial score (nSPS) is 14.5. The zero-order chi connectivity index (χ0) is 21.8. The molecule has 11 heteroatoms. The van der Waals surface area contributed by atoms with E-state index in [1.165, 1.54) is 11.3 Å². The van der Waals surface area contributed by atoms with Crippen LogP contribution in [0.3, 0.4) is 0 Å². The van der Waals surface area contributed by atoms with E-state index in [9.17, 15) is 9.59 Å². The largest absolute Gasteiger partial charge is 0.461 e. The van der Waals surface area contributed by atoms with Crippen LogP contribution in [0.2, 0.25) is 0 Å². The van der Waals surface area contributed by atoms with Crippen molar-refractivity contribution in [3.63, 3.8) is 0 Å². The molecule has 0 saturated carbocycles. The number of hydrogen-bond acceptors (Lipinski definition) is 9. The summed E-state index contributed by atoms with van der Waals surface area (Å²) in [5.74, 6) is 1.76. The van der Waals surface area contributed by atoms with Gasteiger partial charge in [0.15, 0.2) is 10.8 Å². The fourth-order valence-electron chi connectivity index (χ4n) is 3.47. The van der Waals surface area contributed by atoms with Gasteiger partial charge in [-0.15, -0.1) is 11.3 Å². The van der Waals surface area contributed by atoms with Crippen molar-refractivity contribution in [3.05, 3.63) is 41.7 Å². The number of esters is 1. The van der Waals surface area contributed by atoms with Gasteiger partial charge in [0.1, 0.15) is 23.8 Å². The Kier molecular flexibility index (Phi) is 6.21. The number of imidazole rings is 1. The standard InChI is InChI=1S/C20H23N7O3S/c1-3-30-19(29)15-11-31-20(24-15)25-18(28)14-4-7-26(8-5-14)16-10-17(23-12-22-16)27-9-6-21-13(27)2/h6,9-12,14H,3-5,7-8H2,1-2H3,(H,24,25,28). The van der Waals surface area contributed by atoms with Crippen molar-refractivity contribution in [1.82, 2.24) is 24.5 Å². The van der Waals surface area contributed by atoms with E-state index in [0.29, 0.717) is 31.1 Å². The fourth-order valence-corrected chi connectivity index (χ4v) is 4.15. The van der Waals surface area contributed by atoms with Crippen LogP contribution >= 0.6 is 11.3 Å². The Bertz CT molecular complexity index is 1070. The Balaban J connectivity index is 1.34. The second-order valence-electron chi connectivity index (χ2n) is 7.09. The first-order valence-electron chi connectivity index (χ1n) is 10.1. The van der Waals surface area contributed by atoms with E-state index in [-0.39, 0.29) is 24.1 Å². The number of rotatable bonds is 6. The number of ether oxygens (including phenoxy) is 1. The van der Waals surface area contributed by atoms with E-state index in [1.54, 1.807) is 24.8 Å². The van der Waals surface area contributed by atoms with Crippen LogP contribution in [-0.4, -0.2) is 56.1 Å². The van der Waals surface area contributed by atoms with Crippen LogP contribution in [0.15, 0.2) is 30.2 Å². The number of carbonyl (C=O) groups excluding carboxylic acids is 2. The number of aromatic nitrogens is 5. The number of nitrogens with zero attached hydrogens (tertiary/aromatic N) is 6. The van der Waals surface area contributed by atoms with Crippen molar-refractivity contribution in [2.75, 3.05) is 29.9 Å². The second kappa shape index (κ2) is 9.21. The Morgan fingerprint density at radius 1 is 1.23 bits per heavy atom. The first-order valence-corrected chi connectivity index (χ1v) is 10.9. The minimum Gasteiger partial charge on any atom is -0.461 e. The predicted octanol–water partition coefficient (Wildman–Crippen LogP) is 2.46. The minimum atomic E-state index is -0.484. The number of piperidine rings is 1. The molecule has 1 aliphatic heterocycles. The summed E-state index contributed by atoms with van der Waals surface area (Å²) < 4.78 is 6.83. The van der Waals surface area contributed by atoms with Gasteiger partial charge in [0.25, 0.3) is 0 Å². The summed E-state index contributed by atoms with van der Waals surface area (Å²) in [6, 6.07) is 1.93. The molecular formula is C20H23N7O3S. The van der Waals surface area contributed by atoms with Crippen LogP contribution in [0.5, 0.6) is 0 Å². The molecule has 3 aromatic rings. The molecule has 1 amide bonds. The maximum Gasteiger partial charge on any atom is 0.357 e. The molecule has 1 aliphatic rings. The molecule has 0 radical (unpaired) electrons. The van der Waals surface area contributed by atoms with Crippen molar-refractivity contribution in [2.24, 2.45) is 5.92 Å². The van der Waals surface area contributed by atoms with Gasteiger partial charge in [0, 0.05) is 42.8 Å². The molecule has 162 valence electrons. The maximum absolute atomic E-state index is 12.6. The highest BCUT2D eigenvalue weighted by Crippen LogP contribution is 2.25. The zero-order valence-electron chi connectivity index (χ0n) is 17.3. The monoisotopic (exact) mass is 441 g/mol. The molecule has 0 bridgehead atoms. The highest BCUT2D eigenvalue weighted by atomic mass is 32.1. The van der Waals surface area contributed by atoms with E-state index in [1.807, 2.05) is 23.8 Å². The van der Waals surface area contributed by atoms with E-state index in [2.05, 4.69) is 30.2 Å². The summed E-state index contributed by atoms with van der Waals surface area (Å²) in [5, 5.41) is 4.82. The lowest BCUT2D eigenvalue weighted by Gasteiger charge is -2.32. The minimum absolute atomic E-state index is 0.0816. The second-order valence-corrected chi connectivity index (χ2v) is 7.95. The van der Waals surface area contributed by atoms with Crippen molar-refractivity contribution >= 4 is 34.2 Å². The van der Waals surface area contributed by atoms with Gasteiger partial charge < -0.3 is 15.0 Å². The zero-order valence-corrected chi connectivity index (χ0v) is 18.1. The van der Waals surface area contributed by atoms with Crippen LogP contribution in [-0.2, 0) is 9.53 Å². The lowest BCUT2D eigenvalue weighted by Crippen LogP contribution is -2.38. The van der Waals surface area contributed by atoms with Gasteiger partial charge in [0.2, 0.25) is 5.91 Å². The summed E-state index contributed by atoms with van der Waals surface area (Å²) >= 11 is 1.22. The van der Waals surface area contributed by atoms with E-state index >= 15 is 0 Å². The van der Waals surface area contributed by atoms with Crippen molar-refractivity contribution in [3.8, 4) is 5.82 Å².